The van der Waals surface area contributed by atoms with Crippen LogP contribution < -0.4 is 5.32 Å². The van der Waals surface area contributed by atoms with Crippen molar-refractivity contribution in [2.75, 3.05) is 13.1 Å². The summed E-state index contributed by atoms with van der Waals surface area (Å²) < 4.78 is 4.93. The van der Waals surface area contributed by atoms with E-state index in [1.165, 1.54) is 6.26 Å². The number of furan rings is 1. The standard InChI is InChI=1S/C11H15ClN2O2/c1-7-5-14(6-8(2)13-7)11(15)9-3-4-16-10(9)12/h3-4,7-8,13H,5-6H2,1-2H3. The number of halogens is 1. The van der Waals surface area contributed by atoms with Crippen LogP contribution in [0.3, 0.4) is 0 Å². The molecule has 2 rings (SSSR count). The number of hydrogen-bond donors (Lipinski definition) is 1. The highest BCUT2D eigenvalue weighted by Crippen LogP contribution is 2.19. The van der Waals surface area contributed by atoms with E-state index in [0.29, 0.717) is 30.7 Å². The number of nitrogens with one attached hydrogen (secondary N) is 1. The van der Waals surface area contributed by atoms with E-state index in [9.17, 15) is 4.79 Å². The zero-order valence-corrected chi connectivity index (χ0v) is 10.1. The zero-order valence-electron chi connectivity index (χ0n) is 9.37. The predicted molar refractivity (Wildman–Crippen MR) is 61.7 cm³/mol. The molecule has 2 unspecified atom stereocenters. The molecule has 0 aliphatic carbocycles. The minimum absolute atomic E-state index is 0.0565. The maximum Gasteiger partial charge on any atom is 0.258 e. The maximum absolute atomic E-state index is 12.1. The van der Waals surface area contributed by atoms with E-state index in [2.05, 4.69) is 19.2 Å². The number of amides is 1. The molecule has 4 nitrogen and oxygen atoms in total. The highest BCUT2D eigenvalue weighted by Gasteiger charge is 2.27. The van der Waals surface area contributed by atoms with Gasteiger partial charge < -0.3 is 14.6 Å². The van der Waals surface area contributed by atoms with Gasteiger partial charge >= 0.3 is 0 Å². The van der Waals surface area contributed by atoms with Crippen LogP contribution in [0.1, 0.15) is 24.2 Å². The molecule has 16 heavy (non-hydrogen) atoms. The van der Waals surface area contributed by atoms with E-state index in [0.717, 1.165) is 0 Å². The van der Waals surface area contributed by atoms with Crippen LogP contribution in [0.5, 0.6) is 0 Å². The lowest BCUT2D eigenvalue weighted by Gasteiger charge is -2.36. The van der Waals surface area contributed by atoms with Crippen molar-refractivity contribution in [3.05, 3.63) is 23.1 Å². The first-order valence-electron chi connectivity index (χ1n) is 5.36. The molecule has 1 aromatic rings. The van der Waals surface area contributed by atoms with Crippen molar-refractivity contribution in [3.8, 4) is 0 Å². The Morgan fingerprint density at radius 1 is 1.50 bits per heavy atom. The van der Waals surface area contributed by atoms with Gasteiger partial charge in [-0.3, -0.25) is 4.79 Å². The monoisotopic (exact) mass is 242 g/mol. The predicted octanol–water partition coefficient (Wildman–Crippen LogP) is 1.76. The first kappa shape index (κ1) is 11.5. The van der Waals surface area contributed by atoms with Gasteiger partial charge in [-0.05, 0) is 31.5 Å². The SMILES string of the molecule is CC1CN(C(=O)c2ccoc2Cl)CC(C)N1. The van der Waals surface area contributed by atoms with E-state index in [1.807, 2.05) is 4.90 Å². The average molecular weight is 243 g/mol. The Labute approximate surface area is 99.5 Å². The number of rotatable bonds is 1. The number of nitrogens with zero attached hydrogens (tertiary/aromatic N) is 1. The summed E-state index contributed by atoms with van der Waals surface area (Å²) in [7, 11) is 0. The van der Waals surface area contributed by atoms with Gasteiger partial charge in [0, 0.05) is 25.2 Å². The van der Waals surface area contributed by atoms with Crippen molar-refractivity contribution in [1.29, 1.82) is 0 Å². The zero-order chi connectivity index (χ0) is 11.7. The van der Waals surface area contributed by atoms with E-state index in [-0.39, 0.29) is 11.1 Å². The fraction of sp³-hybridized carbons (Fsp3) is 0.545. The van der Waals surface area contributed by atoms with E-state index < -0.39 is 0 Å². The van der Waals surface area contributed by atoms with Crippen molar-refractivity contribution >= 4 is 17.5 Å². The van der Waals surface area contributed by atoms with Gasteiger partial charge in [-0.25, -0.2) is 0 Å². The van der Waals surface area contributed by atoms with E-state index in [4.69, 9.17) is 16.0 Å². The summed E-state index contributed by atoms with van der Waals surface area (Å²) in [6.07, 6.45) is 1.44. The van der Waals surface area contributed by atoms with E-state index in [1.54, 1.807) is 6.07 Å². The molecule has 0 aromatic carbocycles. The lowest BCUT2D eigenvalue weighted by molar-refractivity contribution is 0.0673. The fourth-order valence-corrected chi connectivity index (χ4v) is 2.30. The molecule has 0 bridgehead atoms. The third-order valence-corrected chi connectivity index (χ3v) is 2.99. The lowest BCUT2D eigenvalue weighted by atomic mass is 10.1. The van der Waals surface area contributed by atoms with Crippen molar-refractivity contribution in [2.45, 2.75) is 25.9 Å². The fourth-order valence-electron chi connectivity index (χ4n) is 2.11. The molecule has 1 fully saturated rings. The van der Waals surface area contributed by atoms with Gasteiger partial charge in [0.1, 0.15) is 0 Å². The van der Waals surface area contributed by atoms with E-state index >= 15 is 0 Å². The van der Waals surface area contributed by atoms with Gasteiger partial charge in [-0.1, -0.05) is 0 Å². The van der Waals surface area contributed by atoms with Gasteiger partial charge in [0.05, 0.1) is 11.8 Å². The normalized spacial score (nSPS) is 25.8. The summed E-state index contributed by atoms with van der Waals surface area (Å²) in [5.74, 6) is -0.0565. The molecular formula is C11H15ClN2O2. The molecule has 1 aliphatic heterocycles. The molecule has 1 aliphatic rings. The Balaban J connectivity index is 2.13. The maximum atomic E-state index is 12.1. The van der Waals surface area contributed by atoms with Gasteiger partial charge in [0.15, 0.2) is 0 Å². The van der Waals surface area contributed by atoms with Crippen molar-refractivity contribution in [1.82, 2.24) is 10.2 Å². The van der Waals surface area contributed by atoms with Crippen LogP contribution in [0.25, 0.3) is 0 Å². The largest absolute Gasteiger partial charge is 0.452 e. The molecule has 1 aromatic heterocycles. The molecule has 0 radical (unpaired) electrons. The van der Waals surface area contributed by atoms with Crippen LogP contribution in [0.2, 0.25) is 5.22 Å². The van der Waals surface area contributed by atoms with Crippen molar-refractivity contribution < 1.29 is 9.21 Å². The summed E-state index contributed by atoms with van der Waals surface area (Å²) in [6.45, 7) is 5.52. The van der Waals surface area contributed by atoms with Crippen molar-refractivity contribution in [3.63, 3.8) is 0 Å². The molecule has 5 heteroatoms. The second-order valence-corrected chi connectivity index (χ2v) is 4.63. The smallest absolute Gasteiger partial charge is 0.258 e. The topological polar surface area (TPSA) is 45.5 Å². The molecule has 2 heterocycles. The van der Waals surface area contributed by atoms with Crippen LogP contribution in [-0.2, 0) is 0 Å². The third-order valence-electron chi connectivity index (χ3n) is 2.69. The molecular weight excluding hydrogens is 228 g/mol. The second-order valence-electron chi connectivity index (χ2n) is 4.29. The summed E-state index contributed by atoms with van der Waals surface area (Å²) >= 11 is 5.80. The lowest BCUT2D eigenvalue weighted by Crippen LogP contribution is -2.55. The summed E-state index contributed by atoms with van der Waals surface area (Å²) in [5.41, 5.74) is 0.447. The molecule has 1 amide bonds. The van der Waals surface area contributed by atoms with Gasteiger partial charge in [-0.15, -0.1) is 0 Å². The van der Waals surface area contributed by atoms with Crippen LogP contribution in [-0.4, -0.2) is 36.0 Å². The number of hydrogen-bond acceptors (Lipinski definition) is 3. The minimum Gasteiger partial charge on any atom is -0.452 e. The second kappa shape index (κ2) is 4.47. The Hall–Kier alpha value is -1.00. The number of carbonyl (C=O) groups is 1. The summed E-state index contributed by atoms with van der Waals surface area (Å²) in [6, 6.07) is 2.22. The molecule has 2 atom stereocenters. The number of piperazine rings is 1. The Morgan fingerprint density at radius 2 is 2.12 bits per heavy atom. The molecule has 1 N–H and O–H groups in total. The van der Waals surface area contributed by atoms with Gasteiger partial charge in [0.25, 0.3) is 5.91 Å². The summed E-state index contributed by atoms with van der Waals surface area (Å²) in [5, 5.41) is 3.54. The Bertz CT molecular complexity index is 381. The first-order valence-corrected chi connectivity index (χ1v) is 5.74. The molecule has 1 saturated heterocycles. The van der Waals surface area contributed by atoms with Gasteiger partial charge in [0.2, 0.25) is 5.22 Å². The summed E-state index contributed by atoms with van der Waals surface area (Å²) in [4.78, 5) is 13.9. The highest BCUT2D eigenvalue weighted by atomic mass is 35.5. The molecule has 88 valence electrons. The number of carbonyl (C=O) groups excluding carboxylic acids is 1. The Kier molecular flexibility index (Phi) is 3.21. The van der Waals surface area contributed by atoms with Crippen LogP contribution >= 0.6 is 11.6 Å². The third kappa shape index (κ3) is 2.23. The average Bonchev–Trinajstić information content (AvgIpc) is 2.62. The van der Waals surface area contributed by atoms with Crippen LogP contribution in [0.4, 0.5) is 0 Å². The highest BCUT2D eigenvalue weighted by molar-refractivity contribution is 6.32. The minimum atomic E-state index is -0.0565. The quantitative estimate of drug-likeness (QED) is 0.816. The molecule has 0 saturated carbocycles. The van der Waals surface area contributed by atoms with Crippen LogP contribution in [0.15, 0.2) is 16.7 Å². The van der Waals surface area contributed by atoms with Crippen LogP contribution in [0, 0.1) is 0 Å². The molecule has 0 spiro atoms. The Morgan fingerprint density at radius 3 is 2.62 bits per heavy atom. The van der Waals surface area contributed by atoms with Crippen molar-refractivity contribution in [2.24, 2.45) is 0 Å². The first-order chi connectivity index (χ1) is 7.58. The van der Waals surface area contributed by atoms with Gasteiger partial charge in [-0.2, -0.15) is 0 Å².